The summed E-state index contributed by atoms with van der Waals surface area (Å²) in [5.41, 5.74) is -1.48. The third kappa shape index (κ3) is 3.29. The molecule has 0 aliphatic carbocycles. The molecule has 0 aliphatic rings. The van der Waals surface area contributed by atoms with Crippen LogP contribution in [-0.4, -0.2) is 33.0 Å². The smallest absolute Gasteiger partial charge is 0.394 e. The molecular weight excluding hydrogens is 263 g/mol. The summed E-state index contributed by atoms with van der Waals surface area (Å²) in [5, 5.41) is 26.3. The Balaban J connectivity index is 3.13. The van der Waals surface area contributed by atoms with Gasteiger partial charge in [0.1, 0.15) is 17.4 Å². The maximum Gasteiger partial charge on any atom is 0.419 e. The molecule has 96 valence electrons. The van der Waals surface area contributed by atoms with Gasteiger partial charge in [-0.2, -0.15) is 13.2 Å². The van der Waals surface area contributed by atoms with E-state index in [2.05, 4.69) is 4.98 Å². The first-order valence-electron chi connectivity index (χ1n) is 4.47. The lowest BCUT2D eigenvalue weighted by atomic mass is 10.1. The van der Waals surface area contributed by atoms with E-state index in [4.69, 9.17) is 21.8 Å². The number of pyridine rings is 1. The highest BCUT2D eigenvalue weighted by Crippen LogP contribution is 2.35. The molecule has 0 aliphatic heterocycles. The molecular formula is C9H9ClF3NO3. The SMILES string of the molecule is OCC(O)C(O)c1cnc(Cl)c(C(F)(F)F)c1. The van der Waals surface area contributed by atoms with Crippen LogP contribution in [0.2, 0.25) is 5.15 Å². The van der Waals surface area contributed by atoms with Crippen LogP contribution in [0.4, 0.5) is 13.2 Å². The van der Waals surface area contributed by atoms with Crippen LogP contribution >= 0.6 is 11.6 Å². The predicted octanol–water partition coefficient (Wildman–Crippen LogP) is 1.14. The lowest BCUT2D eigenvalue weighted by molar-refractivity contribution is -0.137. The molecule has 0 bridgehead atoms. The van der Waals surface area contributed by atoms with Crippen LogP contribution < -0.4 is 0 Å². The molecule has 17 heavy (non-hydrogen) atoms. The summed E-state index contributed by atoms with van der Waals surface area (Å²) >= 11 is 5.27. The van der Waals surface area contributed by atoms with Gasteiger partial charge in [0.2, 0.25) is 0 Å². The summed E-state index contributed by atoms with van der Waals surface area (Å²) in [6.07, 6.45) is -7.05. The Kier molecular flexibility index (Phi) is 4.31. The molecule has 0 amide bonds. The van der Waals surface area contributed by atoms with E-state index in [1.165, 1.54) is 0 Å². The van der Waals surface area contributed by atoms with E-state index >= 15 is 0 Å². The lowest BCUT2D eigenvalue weighted by Crippen LogP contribution is -2.22. The van der Waals surface area contributed by atoms with Crippen molar-refractivity contribution in [3.8, 4) is 0 Å². The molecule has 4 nitrogen and oxygen atoms in total. The van der Waals surface area contributed by atoms with Crippen LogP contribution in [0.15, 0.2) is 12.3 Å². The van der Waals surface area contributed by atoms with Crippen LogP contribution in [0, 0.1) is 0 Å². The number of aliphatic hydroxyl groups is 3. The third-order valence-corrected chi connectivity index (χ3v) is 2.36. The number of nitrogens with zero attached hydrogens (tertiary/aromatic N) is 1. The van der Waals surface area contributed by atoms with E-state index in [-0.39, 0.29) is 5.56 Å². The number of hydrogen-bond acceptors (Lipinski definition) is 4. The van der Waals surface area contributed by atoms with Crippen molar-refractivity contribution in [3.05, 3.63) is 28.5 Å². The molecule has 0 aromatic carbocycles. The molecule has 2 atom stereocenters. The highest BCUT2D eigenvalue weighted by Gasteiger charge is 2.35. The topological polar surface area (TPSA) is 73.6 Å². The van der Waals surface area contributed by atoms with Crippen molar-refractivity contribution in [3.63, 3.8) is 0 Å². The summed E-state index contributed by atoms with van der Waals surface area (Å²) in [6, 6.07) is 0.582. The van der Waals surface area contributed by atoms with Gasteiger partial charge in [0, 0.05) is 11.8 Å². The Labute approximate surface area is 99.3 Å². The molecule has 8 heteroatoms. The van der Waals surface area contributed by atoms with E-state index in [9.17, 15) is 18.3 Å². The molecule has 0 saturated heterocycles. The molecule has 3 N–H and O–H groups in total. The molecule has 1 heterocycles. The van der Waals surface area contributed by atoms with Crippen LogP contribution in [0.5, 0.6) is 0 Å². The zero-order chi connectivity index (χ0) is 13.2. The third-order valence-electron chi connectivity index (χ3n) is 2.06. The largest absolute Gasteiger partial charge is 0.419 e. The van der Waals surface area contributed by atoms with Crippen molar-refractivity contribution in [1.82, 2.24) is 4.98 Å². The van der Waals surface area contributed by atoms with Gasteiger partial charge in [0.25, 0.3) is 0 Å². The Morgan fingerprint density at radius 2 is 1.94 bits per heavy atom. The first-order chi connectivity index (χ1) is 7.77. The number of rotatable bonds is 3. The fourth-order valence-corrected chi connectivity index (χ4v) is 1.36. The van der Waals surface area contributed by atoms with Crippen LogP contribution in [-0.2, 0) is 6.18 Å². The molecule has 1 aromatic heterocycles. The van der Waals surface area contributed by atoms with Crippen LogP contribution in [0.3, 0.4) is 0 Å². The molecule has 0 fully saturated rings. The van der Waals surface area contributed by atoms with E-state index in [0.717, 1.165) is 6.20 Å². The molecule has 1 aromatic rings. The maximum atomic E-state index is 12.5. The van der Waals surface area contributed by atoms with E-state index < -0.39 is 35.7 Å². The first kappa shape index (κ1) is 14.2. The van der Waals surface area contributed by atoms with Crippen LogP contribution in [0.25, 0.3) is 0 Å². The van der Waals surface area contributed by atoms with Gasteiger partial charge in [0.05, 0.1) is 12.2 Å². The Morgan fingerprint density at radius 1 is 1.35 bits per heavy atom. The number of hydrogen-bond donors (Lipinski definition) is 3. The minimum Gasteiger partial charge on any atom is -0.394 e. The Morgan fingerprint density at radius 3 is 2.41 bits per heavy atom. The number of halogens is 4. The molecule has 2 unspecified atom stereocenters. The van der Waals surface area contributed by atoms with Gasteiger partial charge in [0.15, 0.2) is 0 Å². The zero-order valence-electron chi connectivity index (χ0n) is 8.32. The minimum atomic E-state index is -4.70. The summed E-state index contributed by atoms with van der Waals surface area (Å²) < 4.78 is 37.4. The van der Waals surface area contributed by atoms with Gasteiger partial charge in [-0.15, -0.1) is 0 Å². The first-order valence-corrected chi connectivity index (χ1v) is 4.84. The van der Waals surface area contributed by atoms with E-state index in [1.807, 2.05) is 0 Å². The van der Waals surface area contributed by atoms with Crippen molar-refractivity contribution in [2.24, 2.45) is 0 Å². The second-order valence-corrected chi connectivity index (χ2v) is 3.66. The quantitative estimate of drug-likeness (QED) is 0.721. The second-order valence-electron chi connectivity index (χ2n) is 3.30. The Bertz CT molecular complexity index is 400. The summed E-state index contributed by atoms with van der Waals surface area (Å²) in [7, 11) is 0. The van der Waals surface area contributed by atoms with Crippen LogP contribution in [0.1, 0.15) is 17.2 Å². The standard InChI is InChI=1S/C9H9ClF3NO3/c10-8-5(9(11,12)13)1-4(2-14-8)7(17)6(16)3-15/h1-2,6-7,15-17H,3H2. The summed E-state index contributed by atoms with van der Waals surface area (Å²) in [5.74, 6) is 0. The van der Waals surface area contributed by atoms with Crippen molar-refractivity contribution < 1.29 is 28.5 Å². The van der Waals surface area contributed by atoms with Gasteiger partial charge in [-0.25, -0.2) is 4.98 Å². The van der Waals surface area contributed by atoms with E-state index in [0.29, 0.717) is 6.07 Å². The Hall–Kier alpha value is -0.890. The van der Waals surface area contributed by atoms with Crippen molar-refractivity contribution in [2.75, 3.05) is 6.61 Å². The minimum absolute atomic E-state index is 0.275. The fourth-order valence-electron chi connectivity index (χ4n) is 1.15. The fraction of sp³-hybridized carbons (Fsp3) is 0.444. The van der Waals surface area contributed by atoms with Crippen molar-refractivity contribution >= 4 is 11.6 Å². The summed E-state index contributed by atoms with van der Waals surface area (Å²) in [6.45, 7) is -0.787. The average Bonchev–Trinajstić information content (AvgIpc) is 2.26. The molecule has 1 rings (SSSR count). The highest BCUT2D eigenvalue weighted by molar-refractivity contribution is 6.30. The summed E-state index contributed by atoms with van der Waals surface area (Å²) in [4.78, 5) is 3.28. The average molecular weight is 272 g/mol. The monoisotopic (exact) mass is 271 g/mol. The van der Waals surface area contributed by atoms with Gasteiger partial charge >= 0.3 is 6.18 Å². The number of aromatic nitrogens is 1. The van der Waals surface area contributed by atoms with Gasteiger partial charge in [-0.05, 0) is 6.07 Å². The van der Waals surface area contributed by atoms with Gasteiger partial charge < -0.3 is 15.3 Å². The zero-order valence-corrected chi connectivity index (χ0v) is 9.07. The van der Waals surface area contributed by atoms with Gasteiger partial charge in [-0.3, -0.25) is 0 Å². The second kappa shape index (κ2) is 5.18. The van der Waals surface area contributed by atoms with Crippen molar-refractivity contribution in [2.45, 2.75) is 18.4 Å². The normalized spacial score (nSPS) is 15.7. The predicted molar refractivity (Wildman–Crippen MR) is 52.3 cm³/mol. The molecule has 0 saturated carbocycles. The molecule has 0 radical (unpaired) electrons. The van der Waals surface area contributed by atoms with Crippen molar-refractivity contribution in [1.29, 1.82) is 0 Å². The lowest BCUT2D eigenvalue weighted by Gasteiger charge is -2.17. The highest BCUT2D eigenvalue weighted by atomic mass is 35.5. The van der Waals surface area contributed by atoms with E-state index in [1.54, 1.807) is 0 Å². The number of aliphatic hydroxyl groups excluding tert-OH is 3. The number of alkyl halides is 3. The maximum absolute atomic E-state index is 12.5. The molecule has 0 spiro atoms. The van der Waals surface area contributed by atoms with Gasteiger partial charge in [-0.1, -0.05) is 11.6 Å².